The van der Waals surface area contributed by atoms with E-state index in [1.165, 1.54) is 42.3 Å². The topological polar surface area (TPSA) is 88.4 Å². The molecule has 3 aromatic carbocycles. The highest BCUT2D eigenvalue weighted by Gasteiger charge is 2.35. The molecule has 234 valence electrons. The van der Waals surface area contributed by atoms with Crippen molar-refractivity contribution in [3.8, 4) is 17.2 Å². The molecule has 0 spiro atoms. The second kappa shape index (κ2) is 14.3. The van der Waals surface area contributed by atoms with E-state index in [2.05, 4.69) is 66.1 Å². The predicted molar refractivity (Wildman–Crippen MR) is 190 cm³/mol. The second-order valence-electron chi connectivity index (χ2n) is 9.75. The summed E-state index contributed by atoms with van der Waals surface area (Å²) in [6, 6.07) is 12.6. The quantitative estimate of drug-likeness (QED) is 0.141. The molecule has 8 nitrogen and oxygen atoms in total. The lowest BCUT2D eigenvalue weighted by molar-refractivity contribution is -0.139. The molecule has 13 heteroatoms. The molecule has 1 aliphatic rings. The molecule has 1 aromatic heterocycles. The zero-order valence-corrected chi connectivity index (χ0v) is 31.2. The number of halogens is 4. The Morgan fingerprint density at radius 2 is 1.80 bits per heavy atom. The van der Waals surface area contributed by atoms with Crippen molar-refractivity contribution >= 4 is 84.5 Å². The summed E-state index contributed by atoms with van der Waals surface area (Å²) in [6.45, 7) is 3.83. The summed E-state index contributed by atoms with van der Waals surface area (Å²) in [4.78, 5) is 32.7. The molecule has 2 heterocycles. The minimum atomic E-state index is -0.859. The maximum atomic E-state index is 14.3. The lowest BCUT2D eigenvalue weighted by Gasteiger charge is -2.26. The Kier molecular flexibility index (Phi) is 10.7. The van der Waals surface area contributed by atoms with Gasteiger partial charge in [-0.25, -0.2) is 14.2 Å². The maximum Gasteiger partial charge on any atom is 0.338 e. The van der Waals surface area contributed by atoms with Gasteiger partial charge in [0, 0.05) is 13.6 Å². The summed E-state index contributed by atoms with van der Waals surface area (Å²) < 4.78 is 40.4. The summed E-state index contributed by atoms with van der Waals surface area (Å²) in [5.74, 6) is 0.628. The van der Waals surface area contributed by atoms with Crippen LogP contribution in [0.4, 0.5) is 4.39 Å². The largest absolute Gasteiger partial charge is 0.493 e. The number of nitrogens with zero attached hydrogens (tertiary/aromatic N) is 2. The summed E-state index contributed by atoms with van der Waals surface area (Å²) in [5, 5.41) is 0. The van der Waals surface area contributed by atoms with Crippen LogP contribution in [0.2, 0.25) is 0 Å². The van der Waals surface area contributed by atoms with E-state index in [1.807, 2.05) is 12.1 Å². The van der Waals surface area contributed by atoms with Crippen molar-refractivity contribution in [1.82, 2.24) is 4.57 Å². The van der Waals surface area contributed by atoms with Crippen LogP contribution in [0.25, 0.3) is 6.08 Å². The third-order valence-electron chi connectivity index (χ3n) is 6.93. The van der Waals surface area contributed by atoms with Crippen LogP contribution in [-0.4, -0.2) is 31.4 Å². The molecule has 0 amide bonds. The number of aromatic nitrogens is 1. The minimum Gasteiger partial charge on any atom is -0.493 e. The first kappa shape index (κ1) is 33.6. The van der Waals surface area contributed by atoms with E-state index in [-0.39, 0.29) is 30.2 Å². The van der Waals surface area contributed by atoms with Crippen LogP contribution < -0.4 is 29.1 Å². The molecule has 0 radical (unpaired) electrons. The number of allylic oxidation sites excluding steroid dienone is 1. The Labute approximate surface area is 298 Å². The van der Waals surface area contributed by atoms with E-state index in [1.54, 1.807) is 44.2 Å². The maximum absolute atomic E-state index is 14.3. The normalized spacial score (nSPS) is 14.6. The van der Waals surface area contributed by atoms with Gasteiger partial charge in [-0.05, 0) is 113 Å². The first-order chi connectivity index (χ1) is 21.6. The van der Waals surface area contributed by atoms with Gasteiger partial charge in [-0.1, -0.05) is 39.4 Å². The van der Waals surface area contributed by atoms with Crippen LogP contribution >= 0.6 is 72.4 Å². The Morgan fingerprint density at radius 3 is 2.47 bits per heavy atom. The second-order valence-corrected chi connectivity index (χ2v) is 14.0. The zero-order chi connectivity index (χ0) is 32.4. The molecule has 0 N–H and O–H groups in total. The number of methoxy groups -OCH3 is 2. The van der Waals surface area contributed by atoms with Crippen molar-refractivity contribution in [1.29, 1.82) is 0 Å². The van der Waals surface area contributed by atoms with Gasteiger partial charge in [0.1, 0.15) is 18.2 Å². The van der Waals surface area contributed by atoms with Gasteiger partial charge in [0.05, 0.1) is 46.2 Å². The van der Waals surface area contributed by atoms with E-state index in [4.69, 9.17) is 18.9 Å². The van der Waals surface area contributed by atoms with E-state index in [0.29, 0.717) is 47.9 Å². The lowest BCUT2D eigenvalue weighted by atomic mass is 9.95. The first-order valence-electron chi connectivity index (χ1n) is 13.5. The first-order valence-corrected chi connectivity index (χ1v) is 17.3. The van der Waals surface area contributed by atoms with Gasteiger partial charge in [-0.15, -0.1) is 0 Å². The number of fused-ring (bicyclic) bond motifs is 1. The highest BCUT2D eigenvalue weighted by molar-refractivity contribution is 14.1. The summed E-state index contributed by atoms with van der Waals surface area (Å²) in [5.41, 5.74) is 2.46. The highest BCUT2D eigenvalue weighted by Crippen LogP contribution is 2.41. The summed E-state index contributed by atoms with van der Waals surface area (Å²) >= 11 is 9.26. The fourth-order valence-corrected chi connectivity index (χ4v) is 8.50. The Bertz CT molecular complexity index is 2010. The minimum absolute atomic E-state index is 0.159. The van der Waals surface area contributed by atoms with Crippen LogP contribution in [0, 0.1) is 13.0 Å². The fourth-order valence-electron chi connectivity index (χ4n) is 4.88. The predicted octanol–water partition coefficient (Wildman–Crippen LogP) is 6.51. The molecule has 0 fully saturated rings. The highest BCUT2D eigenvalue weighted by atomic mass is 127. The van der Waals surface area contributed by atoms with E-state index in [9.17, 15) is 14.0 Å². The fraction of sp³-hybridized carbons (Fsp3) is 0.219. The number of benzene rings is 3. The molecule has 0 unspecified atom stereocenters. The third-order valence-corrected chi connectivity index (χ3v) is 10.0. The van der Waals surface area contributed by atoms with E-state index < -0.39 is 12.0 Å². The molecule has 45 heavy (non-hydrogen) atoms. The molecule has 1 atom stereocenters. The van der Waals surface area contributed by atoms with Gasteiger partial charge in [-0.3, -0.25) is 9.36 Å². The van der Waals surface area contributed by atoms with E-state index >= 15 is 0 Å². The average molecular weight is 919 g/mol. The Hall–Kier alpha value is -2.76. The smallest absolute Gasteiger partial charge is 0.338 e. The number of carbonyl (C=O) groups excluding carboxylic acids is 1. The van der Waals surface area contributed by atoms with Gasteiger partial charge < -0.3 is 18.9 Å². The van der Waals surface area contributed by atoms with Crippen LogP contribution in [-0.2, 0) is 16.1 Å². The van der Waals surface area contributed by atoms with Crippen molar-refractivity contribution < 1.29 is 28.1 Å². The lowest BCUT2D eigenvalue weighted by Crippen LogP contribution is -2.40. The molecule has 0 saturated heterocycles. The summed E-state index contributed by atoms with van der Waals surface area (Å²) in [6.07, 6.45) is 1.78. The van der Waals surface area contributed by atoms with Gasteiger partial charge in [0.25, 0.3) is 5.56 Å². The molecular formula is C32H26BrFI2N2O6S. The molecule has 0 bridgehead atoms. The van der Waals surface area contributed by atoms with Gasteiger partial charge in [0.15, 0.2) is 16.3 Å². The SMILES string of the molecule is CCOC(=O)C1=C(C)N=c2s/c(=C\c3cc(I)cc(I)c3OCc3ccc(F)cc3)c(=O)n2[C@@H]1c1cc(OC)c(OC)cc1Br. The zero-order valence-electron chi connectivity index (χ0n) is 24.5. The van der Waals surface area contributed by atoms with Gasteiger partial charge in [-0.2, -0.15) is 0 Å². The van der Waals surface area contributed by atoms with Crippen molar-refractivity contribution in [2.75, 3.05) is 20.8 Å². The molecule has 4 aromatic rings. The van der Waals surface area contributed by atoms with Crippen LogP contribution in [0.5, 0.6) is 17.2 Å². The molecule has 0 aliphatic carbocycles. The third kappa shape index (κ3) is 7.00. The monoisotopic (exact) mass is 918 g/mol. The number of ether oxygens (including phenoxy) is 4. The number of rotatable bonds is 9. The van der Waals surface area contributed by atoms with Gasteiger partial charge in [0.2, 0.25) is 0 Å². The van der Waals surface area contributed by atoms with Crippen LogP contribution in [0.3, 0.4) is 0 Å². The number of hydrogen-bond donors (Lipinski definition) is 0. The average Bonchev–Trinajstić information content (AvgIpc) is 3.30. The number of carbonyl (C=O) groups is 1. The van der Waals surface area contributed by atoms with Crippen molar-refractivity contribution in [2.45, 2.75) is 26.5 Å². The van der Waals surface area contributed by atoms with Crippen molar-refractivity contribution in [3.05, 3.63) is 114 Å². The molecule has 5 rings (SSSR count). The van der Waals surface area contributed by atoms with Gasteiger partial charge >= 0.3 is 5.97 Å². The number of esters is 1. The molecule has 1 aliphatic heterocycles. The van der Waals surface area contributed by atoms with Crippen molar-refractivity contribution in [2.24, 2.45) is 4.99 Å². The molecular weight excluding hydrogens is 893 g/mol. The standard InChI is InChI=1S/C32H26BrFI2N2O6S/c1-5-43-31(40)27-16(2)37-32-38(28(27)21-13-24(41-3)25(42-4)14-22(21)33)30(39)26(45-32)11-18-10-20(35)12-23(36)29(18)44-15-17-6-8-19(34)9-7-17/h6-14,28H,5,15H2,1-4H3/b26-11-/t28-/m1/s1. The number of hydrogen-bond acceptors (Lipinski definition) is 8. The Morgan fingerprint density at radius 1 is 1.11 bits per heavy atom. The van der Waals surface area contributed by atoms with E-state index in [0.717, 1.165) is 12.7 Å². The van der Waals surface area contributed by atoms with Crippen molar-refractivity contribution in [3.63, 3.8) is 0 Å². The van der Waals surface area contributed by atoms with Crippen LogP contribution in [0.1, 0.15) is 36.6 Å². The number of thiazole rings is 1. The van der Waals surface area contributed by atoms with Crippen LogP contribution in [0.15, 0.2) is 74.1 Å². The Balaban J connectivity index is 1.69. The molecule has 0 saturated carbocycles. The summed E-state index contributed by atoms with van der Waals surface area (Å²) in [7, 11) is 3.05.